The zero-order chi connectivity index (χ0) is 10.4. The van der Waals surface area contributed by atoms with Crippen molar-refractivity contribution in [3.05, 3.63) is 34.7 Å². The number of nitrogens with zero attached hydrogens (tertiary/aromatic N) is 1. The zero-order valence-corrected chi connectivity index (χ0v) is 8.31. The van der Waals surface area contributed by atoms with E-state index >= 15 is 0 Å². The molecule has 1 aliphatic rings. The molecule has 0 bridgehead atoms. The Hall–Kier alpha value is -1.55. The van der Waals surface area contributed by atoms with Crippen LogP contribution in [0.5, 0.6) is 0 Å². The summed E-state index contributed by atoms with van der Waals surface area (Å²) < 4.78 is 1.83. The van der Waals surface area contributed by atoms with Crippen molar-refractivity contribution in [2.45, 2.75) is 24.9 Å². The van der Waals surface area contributed by atoms with Crippen molar-refractivity contribution in [1.29, 1.82) is 0 Å². The molecule has 0 spiro atoms. The summed E-state index contributed by atoms with van der Waals surface area (Å²) in [5.74, 6) is 0. The van der Waals surface area contributed by atoms with Crippen LogP contribution in [0.25, 0.3) is 11.0 Å². The minimum atomic E-state index is -0.0203. The first-order valence-electron chi connectivity index (χ1n) is 5.20. The van der Waals surface area contributed by atoms with Crippen LogP contribution in [0.2, 0.25) is 0 Å². The van der Waals surface area contributed by atoms with Gasteiger partial charge < -0.3 is 10.7 Å². The second-order valence-corrected chi connectivity index (χ2v) is 4.20. The molecule has 1 saturated carbocycles. The van der Waals surface area contributed by atoms with E-state index in [1.807, 2.05) is 28.8 Å². The van der Waals surface area contributed by atoms with Crippen LogP contribution in [0.3, 0.4) is 0 Å². The van der Waals surface area contributed by atoms with Gasteiger partial charge in [0.05, 0.1) is 11.0 Å². The van der Waals surface area contributed by atoms with Gasteiger partial charge in [-0.2, -0.15) is 0 Å². The molecular formula is C11H13N3O. The average molecular weight is 203 g/mol. The van der Waals surface area contributed by atoms with Gasteiger partial charge in [0.15, 0.2) is 0 Å². The number of fused-ring (bicyclic) bond motifs is 1. The molecule has 0 unspecified atom stereocenters. The van der Waals surface area contributed by atoms with Crippen molar-refractivity contribution in [3.63, 3.8) is 0 Å². The minimum absolute atomic E-state index is 0.0203. The van der Waals surface area contributed by atoms with Gasteiger partial charge >= 0.3 is 5.69 Å². The van der Waals surface area contributed by atoms with E-state index in [-0.39, 0.29) is 17.8 Å². The minimum Gasteiger partial charge on any atom is -0.328 e. The van der Waals surface area contributed by atoms with Crippen LogP contribution >= 0.6 is 0 Å². The lowest BCUT2D eigenvalue weighted by Gasteiger charge is -2.33. The number of benzene rings is 1. The fraction of sp³-hybridized carbons (Fsp3) is 0.364. The predicted molar refractivity (Wildman–Crippen MR) is 58.8 cm³/mol. The highest BCUT2D eigenvalue weighted by atomic mass is 16.1. The second kappa shape index (κ2) is 2.97. The largest absolute Gasteiger partial charge is 0.328 e. The third kappa shape index (κ3) is 1.22. The lowest BCUT2D eigenvalue weighted by atomic mass is 9.87. The molecule has 0 atom stereocenters. The Morgan fingerprint density at radius 2 is 2.07 bits per heavy atom. The zero-order valence-electron chi connectivity index (χ0n) is 8.31. The maximum absolute atomic E-state index is 11.7. The molecule has 1 aromatic carbocycles. The number of rotatable bonds is 1. The second-order valence-electron chi connectivity index (χ2n) is 4.20. The van der Waals surface area contributed by atoms with E-state index in [1.54, 1.807) is 0 Å². The van der Waals surface area contributed by atoms with Gasteiger partial charge in [0, 0.05) is 12.1 Å². The molecule has 0 aliphatic heterocycles. The Bertz CT molecular complexity index is 548. The Labute approximate surface area is 86.7 Å². The van der Waals surface area contributed by atoms with Crippen LogP contribution in [0.1, 0.15) is 18.9 Å². The molecule has 0 radical (unpaired) electrons. The number of H-pyrrole nitrogens is 1. The summed E-state index contributed by atoms with van der Waals surface area (Å²) in [6.45, 7) is 0. The van der Waals surface area contributed by atoms with Crippen LogP contribution in [0.4, 0.5) is 0 Å². The lowest BCUT2D eigenvalue weighted by molar-refractivity contribution is 0.267. The van der Waals surface area contributed by atoms with Crippen molar-refractivity contribution in [2.24, 2.45) is 5.73 Å². The number of hydrogen-bond donors (Lipinski definition) is 2. The van der Waals surface area contributed by atoms with Gasteiger partial charge in [0.2, 0.25) is 0 Å². The van der Waals surface area contributed by atoms with E-state index in [0.717, 1.165) is 23.9 Å². The highest BCUT2D eigenvalue weighted by Gasteiger charge is 2.29. The molecule has 1 heterocycles. The van der Waals surface area contributed by atoms with Crippen molar-refractivity contribution >= 4 is 11.0 Å². The Balaban J connectivity index is 2.17. The van der Waals surface area contributed by atoms with Gasteiger partial charge in [-0.15, -0.1) is 0 Å². The number of aromatic amines is 1. The normalized spacial score (nSPS) is 25.4. The molecule has 1 aliphatic carbocycles. The molecule has 15 heavy (non-hydrogen) atoms. The Morgan fingerprint density at radius 3 is 2.80 bits per heavy atom. The topological polar surface area (TPSA) is 63.8 Å². The third-order valence-corrected chi connectivity index (χ3v) is 3.14. The molecule has 2 aromatic rings. The fourth-order valence-electron chi connectivity index (χ4n) is 2.28. The summed E-state index contributed by atoms with van der Waals surface area (Å²) in [6, 6.07) is 8.31. The smallest absolute Gasteiger partial charge is 0.326 e. The van der Waals surface area contributed by atoms with Crippen LogP contribution in [0, 0.1) is 0 Å². The number of para-hydroxylation sites is 2. The standard InChI is InChI=1S/C11H13N3O/c12-7-5-8(6-7)14-10-4-2-1-3-9(10)13-11(14)15/h1-4,7-8H,5-6,12H2,(H,13,15)/t7-,8+. The summed E-state index contributed by atoms with van der Waals surface area (Å²) in [5.41, 5.74) is 7.61. The maximum atomic E-state index is 11.7. The first kappa shape index (κ1) is 8.73. The molecule has 1 fully saturated rings. The van der Waals surface area contributed by atoms with Crippen molar-refractivity contribution < 1.29 is 0 Å². The fourth-order valence-corrected chi connectivity index (χ4v) is 2.28. The SMILES string of the molecule is N[C@H]1C[C@@H](n2c(=O)[nH]c3ccccc32)C1. The number of nitrogens with two attached hydrogens (primary N) is 1. The lowest BCUT2D eigenvalue weighted by Crippen LogP contribution is -2.40. The van der Waals surface area contributed by atoms with Gasteiger partial charge in [-0.05, 0) is 25.0 Å². The van der Waals surface area contributed by atoms with Gasteiger partial charge in [0.25, 0.3) is 0 Å². The Morgan fingerprint density at radius 1 is 1.33 bits per heavy atom. The van der Waals surface area contributed by atoms with E-state index in [0.29, 0.717) is 0 Å². The first-order valence-corrected chi connectivity index (χ1v) is 5.20. The van der Waals surface area contributed by atoms with Crippen LogP contribution in [0.15, 0.2) is 29.1 Å². The van der Waals surface area contributed by atoms with Crippen LogP contribution in [-0.2, 0) is 0 Å². The maximum Gasteiger partial charge on any atom is 0.326 e. The summed E-state index contributed by atoms with van der Waals surface area (Å²) in [5, 5.41) is 0. The molecule has 3 rings (SSSR count). The molecule has 78 valence electrons. The number of nitrogens with one attached hydrogen (secondary N) is 1. The molecule has 4 heteroatoms. The van der Waals surface area contributed by atoms with Crippen molar-refractivity contribution in [3.8, 4) is 0 Å². The first-order chi connectivity index (χ1) is 7.25. The highest BCUT2D eigenvalue weighted by molar-refractivity contribution is 5.75. The summed E-state index contributed by atoms with van der Waals surface area (Å²) in [6.07, 6.45) is 1.81. The summed E-state index contributed by atoms with van der Waals surface area (Å²) >= 11 is 0. The van der Waals surface area contributed by atoms with Gasteiger partial charge in [-0.25, -0.2) is 4.79 Å². The van der Waals surface area contributed by atoms with E-state index in [2.05, 4.69) is 4.98 Å². The average Bonchev–Trinajstić information content (AvgIpc) is 2.49. The monoisotopic (exact) mass is 203 g/mol. The molecule has 4 nitrogen and oxygen atoms in total. The number of hydrogen-bond acceptors (Lipinski definition) is 2. The van der Waals surface area contributed by atoms with E-state index in [9.17, 15) is 4.79 Å². The molecule has 0 saturated heterocycles. The predicted octanol–water partition coefficient (Wildman–Crippen LogP) is 0.992. The van der Waals surface area contributed by atoms with Crippen molar-refractivity contribution in [1.82, 2.24) is 9.55 Å². The quantitative estimate of drug-likeness (QED) is 0.726. The van der Waals surface area contributed by atoms with Crippen LogP contribution < -0.4 is 11.4 Å². The van der Waals surface area contributed by atoms with Gasteiger partial charge in [-0.1, -0.05) is 12.1 Å². The third-order valence-electron chi connectivity index (χ3n) is 3.14. The van der Waals surface area contributed by atoms with Crippen LogP contribution in [-0.4, -0.2) is 15.6 Å². The highest BCUT2D eigenvalue weighted by Crippen LogP contribution is 2.31. The number of aromatic nitrogens is 2. The summed E-state index contributed by atoms with van der Waals surface area (Å²) in [7, 11) is 0. The molecular weight excluding hydrogens is 190 g/mol. The van der Waals surface area contributed by atoms with E-state index in [1.165, 1.54) is 0 Å². The van der Waals surface area contributed by atoms with E-state index < -0.39 is 0 Å². The summed E-state index contributed by atoms with van der Waals surface area (Å²) in [4.78, 5) is 14.6. The molecule has 0 amide bonds. The van der Waals surface area contributed by atoms with Crippen molar-refractivity contribution in [2.75, 3.05) is 0 Å². The van der Waals surface area contributed by atoms with E-state index in [4.69, 9.17) is 5.73 Å². The number of imidazole rings is 1. The van der Waals surface area contributed by atoms with Gasteiger partial charge in [-0.3, -0.25) is 4.57 Å². The Kier molecular flexibility index (Phi) is 1.73. The molecule has 1 aromatic heterocycles. The van der Waals surface area contributed by atoms with Gasteiger partial charge in [0.1, 0.15) is 0 Å². The molecule has 3 N–H and O–H groups in total.